The number of benzene rings is 1. The first-order valence-electron chi connectivity index (χ1n) is 6.30. The van der Waals surface area contributed by atoms with Gasteiger partial charge >= 0.3 is 0 Å². The van der Waals surface area contributed by atoms with Crippen LogP contribution in [-0.4, -0.2) is 36.5 Å². The summed E-state index contributed by atoms with van der Waals surface area (Å²) in [5.41, 5.74) is 1.87. The zero-order chi connectivity index (χ0) is 13.5. The van der Waals surface area contributed by atoms with Crippen molar-refractivity contribution >= 4 is 0 Å². The Labute approximate surface area is 109 Å². The summed E-state index contributed by atoms with van der Waals surface area (Å²) in [7, 11) is 1.60. The molecule has 0 fully saturated rings. The van der Waals surface area contributed by atoms with Crippen LogP contribution in [0.5, 0.6) is 5.75 Å². The van der Waals surface area contributed by atoms with Crippen molar-refractivity contribution in [3.8, 4) is 5.75 Å². The molecule has 0 aliphatic heterocycles. The van der Waals surface area contributed by atoms with Gasteiger partial charge in [-0.2, -0.15) is 0 Å². The summed E-state index contributed by atoms with van der Waals surface area (Å²) >= 11 is 0. The third-order valence-corrected chi connectivity index (χ3v) is 3.04. The first-order valence-corrected chi connectivity index (χ1v) is 6.30. The van der Waals surface area contributed by atoms with Crippen LogP contribution >= 0.6 is 0 Å². The number of hydrogen-bond acceptors (Lipinski definition) is 4. The average Bonchev–Trinajstić information content (AvgIpc) is 2.39. The summed E-state index contributed by atoms with van der Waals surface area (Å²) in [6, 6.07) is 5.67. The minimum absolute atomic E-state index is 0.0637. The van der Waals surface area contributed by atoms with Crippen molar-refractivity contribution < 1.29 is 14.9 Å². The van der Waals surface area contributed by atoms with Crippen LogP contribution in [0.4, 0.5) is 0 Å². The molecule has 0 aliphatic rings. The van der Waals surface area contributed by atoms with Crippen molar-refractivity contribution in [3.05, 3.63) is 29.3 Å². The van der Waals surface area contributed by atoms with E-state index in [1.54, 1.807) is 7.11 Å². The van der Waals surface area contributed by atoms with Crippen LogP contribution in [0.1, 0.15) is 30.6 Å². The van der Waals surface area contributed by atoms with Crippen molar-refractivity contribution in [3.63, 3.8) is 0 Å². The third kappa shape index (κ3) is 3.70. The molecule has 0 saturated carbocycles. The van der Waals surface area contributed by atoms with E-state index in [1.165, 1.54) is 0 Å². The molecule has 4 heteroatoms. The van der Waals surface area contributed by atoms with Crippen LogP contribution < -0.4 is 10.1 Å². The van der Waals surface area contributed by atoms with E-state index in [-0.39, 0.29) is 12.6 Å². The second kappa shape index (κ2) is 7.36. The first-order chi connectivity index (χ1) is 8.63. The van der Waals surface area contributed by atoms with Crippen molar-refractivity contribution in [2.75, 3.05) is 20.3 Å². The molecule has 0 aliphatic carbocycles. The SMILES string of the molecule is CCC(NCCO)C(O)c1cc(C)ccc1OC. The van der Waals surface area contributed by atoms with Crippen LogP contribution in [0.15, 0.2) is 18.2 Å². The second-order valence-electron chi connectivity index (χ2n) is 4.38. The lowest BCUT2D eigenvalue weighted by Gasteiger charge is -2.24. The minimum Gasteiger partial charge on any atom is -0.496 e. The molecule has 2 atom stereocenters. The van der Waals surface area contributed by atoms with Gasteiger partial charge in [-0.25, -0.2) is 0 Å². The summed E-state index contributed by atoms with van der Waals surface area (Å²) in [4.78, 5) is 0. The molecule has 0 heterocycles. The molecule has 3 N–H and O–H groups in total. The molecule has 4 nitrogen and oxygen atoms in total. The molecule has 2 unspecified atom stereocenters. The Bertz CT molecular complexity index is 368. The van der Waals surface area contributed by atoms with Gasteiger partial charge in [0.2, 0.25) is 0 Å². The van der Waals surface area contributed by atoms with Crippen molar-refractivity contribution in [1.82, 2.24) is 5.32 Å². The van der Waals surface area contributed by atoms with E-state index in [9.17, 15) is 5.11 Å². The summed E-state index contributed by atoms with van der Waals surface area (Å²) in [6.07, 6.45) is 0.134. The van der Waals surface area contributed by atoms with E-state index in [2.05, 4.69) is 5.32 Å². The monoisotopic (exact) mass is 253 g/mol. The van der Waals surface area contributed by atoms with Gasteiger partial charge in [-0.05, 0) is 25.5 Å². The minimum atomic E-state index is -0.642. The van der Waals surface area contributed by atoms with E-state index in [1.807, 2.05) is 32.0 Å². The zero-order valence-corrected chi connectivity index (χ0v) is 11.3. The van der Waals surface area contributed by atoms with E-state index in [0.717, 1.165) is 17.5 Å². The summed E-state index contributed by atoms with van der Waals surface area (Å²) in [6.45, 7) is 4.52. The quantitative estimate of drug-likeness (QED) is 0.687. The molecule has 18 heavy (non-hydrogen) atoms. The lowest BCUT2D eigenvalue weighted by Crippen LogP contribution is -2.36. The molecule has 1 rings (SSSR count). The maximum Gasteiger partial charge on any atom is 0.124 e. The molecule has 102 valence electrons. The number of aliphatic hydroxyl groups is 2. The highest BCUT2D eigenvalue weighted by Crippen LogP contribution is 2.29. The largest absolute Gasteiger partial charge is 0.496 e. The van der Waals surface area contributed by atoms with E-state index in [4.69, 9.17) is 9.84 Å². The summed E-state index contributed by atoms with van der Waals surface area (Å²) < 4.78 is 5.28. The zero-order valence-electron chi connectivity index (χ0n) is 11.3. The maximum absolute atomic E-state index is 10.4. The maximum atomic E-state index is 10.4. The smallest absolute Gasteiger partial charge is 0.124 e. The predicted molar refractivity (Wildman–Crippen MR) is 71.9 cm³/mol. The van der Waals surface area contributed by atoms with E-state index >= 15 is 0 Å². The van der Waals surface area contributed by atoms with Gasteiger partial charge in [0.1, 0.15) is 5.75 Å². The van der Waals surface area contributed by atoms with E-state index < -0.39 is 6.10 Å². The molecular formula is C14H23NO3. The van der Waals surface area contributed by atoms with Crippen LogP contribution in [0.3, 0.4) is 0 Å². The fourth-order valence-corrected chi connectivity index (χ4v) is 2.03. The van der Waals surface area contributed by atoms with Gasteiger partial charge < -0.3 is 20.3 Å². The van der Waals surface area contributed by atoms with Crippen LogP contribution in [0.2, 0.25) is 0 Å². The van der Waals surface area contributed by atoms with Gasteiger partial charge in [0.05, 0.1) is 19.8 Å². The highest BCUT2D eigenvalue weighted by molar-refractivity contribution is 5.39. The lowest BCUT2D eigenvalue weighted by molar-refractivity contribution is 0.119. The highest BCUT2D eigenvalue weighted by Gasteiger charge is 2.21. The molecule has 0 aromatic heterocycles. The molecule has 0 bridgehead atoms. The topological polar surface area (TPSA) is 61.7 Å². The fraction of sp³-hybridized carbons (Fsp3) is 0.571. The van der Waals surface area contributed by atoms with Crippen molar-refractivity contribution in [2.45, 2.75) is 32.4 Å². The molecule has 0 radical (unpaired) electrons. The number of aryl methyl sites for hydroxylation is 1. The normalized spacial score (nSPS) is 14.3. The number of nitrogens with one attached hydrogen (secondary N) is 1. The van der Waals surface area contributed by atoms with Crippen molar-refractivity contribution in [2.24, 2.45) is 0 Å². The number of methoxy groups -OCH3 is 1. The summed E-state index contributed by atoms with van der Waals surface area (Å²) in [5.74, 6) is 0.692. The predicted octanol–water partition coefficient (Wildman–Crippen LogP) is 1.40. The van der Waals surface area contributed by atoms with Gasteiger partial charge in [-0.1, -0.05) is 18.6 Å². The third-order valence-electron chi connectivity index (χ3n) is 3.04. The Kier molecular flexibility index (Phi) is 6.12. The van der Waals surface area contributed by atoms with Gasteiger partial charge in [0.15, 0.2) is 0 Å². The Morgan fingerprint density at radius 3 is 2.67 bits per heavy atom. The molecule has 1 aromatic carbocycles. The Morgan fingerprint density at radius 1 is 1.39 bits per heavy atom. The van der Waals surface area contributed by atoms with Crippen LogP contribution in [-0.2, 0) is 0 Å². The number of aliphatic hydroxyl groups excluding tert-OH is 2. The standard InChI is InChI=1S/C14H23NO3/c1-4-12(15-7-8-16)14(17)11-9-10(2)5-6-13(11)18-3/h5-6,9,12,14-17H,4,7-8H2,1-3H3. The van der Waals surface area contributed by atoms with Crippen molar-refractivity contribution in [1.29, 1.82) is 0 Å². The van der Waals surface area contributed by atoms with Gasteiger partial charge in [-0.15, -0.1) is 0 Å². The molecular weight excluding hydrogens is 230 g/mol. The second-order valence-corrected chi connectivity index (χ2v) is 4.38. The Balaban J connectivity index is 2.92. The Morgan fingerprint density at radius 2 is 2.11 bits per heavy atom. The first kappa shape index (κ1) is 15.0. The molecule has 0 spiro atoms. The van der Waals surface area contributed by atoms with Crippen LogP contribution in [0.25, 0.3) is 0 Å². The van der Waals surface area contributed by atoms with Gasteiger partial charge in [0.25, 0.3) is 0 Å². The van der Waals surface area contributed by atoms with E-state index in [0.29, 0.717) is 12.3 Å². The van der Waals surface area contributed by atoms with Gasteiger partial charge in [0, 0.05) is 18.2 Å². The number of rotatable bonds is 7. The Hall–Kier alpha value is -1.10. The molecule has 0 amide bonds. The lowest BCUT2D eigenvalue weighted by atomic mass is 9.97. The fourth-order valence-electron chi connectivity index (χ4n) is 2.03. The van der Waals surface area contributed by atoms with Gasteiger partial charge in [-0.3, -0.25) is 0 Å². The summed E-state index contributed by atoms with van der Waals surface area (Å²) in [5, 5.41) is 22.4. The number of hydrogen-bond donors (Lipinski definition) is 3. The molecule has 1 aromatic rings. The molecule has 0 saturated heterocycles. The highest BCUT2D eigenvalue weighted by atomic mass is 16.5. The average molecular weight is 253 g/mol. The van der Waals surface area contributed by atoms with Crippen LogP contribution in [0, 0.1) is 6.92 Å². The number of ether oxygens (including phenoxy) is 1.